The molecule has 1 aliphatic rings. The smallest absolute Gasteiger partial charge is 0.313 e. The Morgan fingerprint density at radius 1 is 1.68 bits per heavy atom. The van der Waals surface area contributed by atoms with E-state index in [0.717, 1.165) is 13.0 Å². The molecule has 1 fully saturated rings. The van der Waals surface area contributed by atoms with E-state index in [-0.39, 0.29) is 10.7 Å². The van der Waals surface area contributed by atoms with Gasteiger partial charge < -0.3 is 10.6 Å². The Morgan fingerprint density at radius 2 is 2.42 bits per heavy atom. The van der Waals surface area contributed by atoms with Crippen molar-refractivity contribution in [2.75, 3.05) is 24.5 Å². The zero-order valence-electron chi connectivity index (χ0n) is 10.8. The second-order valence-electron chi connectivity index (χ2n) is 4.96. The first-order valence-electron chi connectivity index (χ1n) is 6.28. The van der Waals surface area contributed by atoms with Crippen LogP contribution in [0, 0.1) is 22.0 Å². The van der Waals surface area contributed by atoms with E-state index < -0.39 is 4.92 Å². The van der Waals surface area contributed by atoms with E-state index in [2.05, 4.69) is 11.9 Å². The van der Waals surface area contributed by atoms with Gasteiger partial charge in [-0.15, -0.1) is 0 Å². The SMILES string of the molecule is CC1CCN(c2ncc(Cl)cc2[N+](=O)[O-])CC1CN. The molecule has 0 aromatic carbocycles. The van der Waals surface area contributed by atoms with Crippen LogP contribution in [0.4, 0.5) is 11.5 Å². The zero-order chi connectivity index (χ0) is 14.0. The first-order valence-corrected chi connectivity index (χ1v) is 6.65. The highest BCUT2D eigenvalue weighted by Crippen LogP contribution is 2.32. The maximum Gasteiger partial charge on any atom is 0.313 e. The van der Waals surface area contributed by atoms with Crippen LogP contribution in [0.5, 0.6) is 0 Å². The Labute approximate surface area is 116 Å². The molecule has 0 saturated carbocycles. The minimum Gasteiger partial charge on any atom is -0.351 e. The summed E-state index contributed by atoms with van der Waals surface area (Å²) in [5.41, 5.74) is 5.71. The fourth-order valence-corrected chi connectivity index (χ4v) is 2.60. The standard InChI is InChI=1S/C12H17ClN4O2/c1-8-2-3-16(7-9(8)5-14)12-11(17(18)19)4-10(13)6-15-12/h4,6,8-9H,2-3,5,7,14H2,1H3. The fourth-order valence-electron chi connectivity index (χ4n) is 2.45. The largest absolute Gasteiger partial charge is 0.351 e. The molecule has 6 nitrogen and oxygen atoms in total. The van der Waals surface area contributed by atoms with Crippen molar-refractivity contribution in [1.29, 1.82) is 0 Å². The number of hydrogen-bond donors (Lipinski definition) is 1. The van der Waals surface area contributed by atoms with E-state index in [9.17, 15) is 10.1 Å². The Balaban J connectivity index is 2.29. The van der Waals surface area contributed by atoms with Gasteiger partial charge in [0, 0.05) is 25.4 Å². The first-order chi connectivity index (χ1) is 9.02. The van der Waals surface area contributed by atoms with Crippen LogP contribution in [-0.4, -0.2) is 29.5 Å². The van der Waals surface area contributed by atoms with Gasteiger partial charge in [0.1, 0.15) is 0 Å². The van der Waals surface area contributed by atoms with E-state index in [1.54, 1.807) is 0 Å². The Hall–Kier alpha value is -1.40. The van der Waals surface area contributed by atoms with Crippen molar-refractivity contribution in [3.63, 3.8) is 0 Å². The van der Waals surface area contributed by atoms with Crippen LogP contribution in [0.3, 0.4) is 0 Å². The minimum absolute atomic E-state index is 0.0437. The summed E-state index contributed by atoms with van der Waals surface area (Å²) >= 11 is 5.77. The summed E-state index contributed by atoms with van der Waals surface area (Å²) in [6.07, 6.45) is 2.41. The maximum atomic E-state index is 11.1. The Kier molecular flexibility index (Phi) is 4.21. The lowest BCUT2D eigenvalue weighted by Gasteiger charge is -2.36. The Morgan fingerprint density at radius 3 is 3.05 bits per heavy atom. The van der Waals surface area contributed by atoms with Gasteiger partial charge in [0.05, 0.1) is 9.95 Å². The predicted molar refractivity (Wildman–Crippen MR) is 74.4 cm³/mol. The molecule has 2 heterocycles. The van der Waals surface area contributed by atoms with Crippen LogP contribution in [0.1, 0.15) is 13.3 Å². The van der Waals surface area contributed by atoms with Crippen molar-refractivity contribution >= 4 is 23.1 Å². The molecular weight excluding hydrogens is 268 g/mol. The first kappa shape index (κ1) is 14.0. The molecule has 2 N–H and O–H groups in total. The number of nitro groups is 1. The van der Waals surface area contributed by atoms with E-state index >= 15 is 0 Å². The average molecular weight is 285 g/mol. The van der Waals surface area contributed by atoms with Gasteiger partial charge in [0.2, 0.25) is 5.82 Å². The molecule has 1 saturated heterocycles. The molecule has 7 heteroatoms. The molecule has 19 heavy (non-hydrogen) atoms. The van der Waals surface area contributed by atoms with Gasteiger partial charge in [0.15, 0.2) is 0 Å². The van der Waals surface area contributed by atoms with Crippen molar-refractivity contribution in [2.45, 2.75) is 13.3 Å². The lowest BCUT2D eigenvalue weighted by atomic mass is 9.87. The third-order valence-electron chi connectivity index (χ3n) is 3.73. The van der Waals surface area contributed by atoms with Crippen molar-refractivity contribution in [1.82, 2.24) is 4.98 Å². The summed E-state index contributed by atoms with van der Waals surface area (Å²) in [5, 5.41) is 11.4. The van der Waals surface area contributed by atoms with Crippen molar-refractivity contribution in [3.05, 3.63) is 27.4 Å². The van der Waals surface area contributed by atoms with Crippen molar-refractivity contribution in [3.8, 4) is 0 Å². The molecule has 0 amide bonds. The summed E-state index contributed by atoms with van der Waals surface area (Å²) < 4.78 is 0. The maximum absolute atomic E-state index is 11.1. The molecule has 0 spiro atoms. The second kappa shape index (κ2) is 5.71. The molecular formula is C12H17ClN4O2. The number of nitrogens with zero attached hydrogens (tertiary/aromatic N) is 3. The van der Waals surface area contributed by atoms with Crippen LogP contribution >= 0.6 is 11.6 Å². The van der Waals surface area contributed by atoms with Crippen LogP contribution in [0.25, 0.3) is 0 Å². The fraction of sp³-hybridized carbons (Fsp3) is 0.583. The molecule has 1 aromatic heterocycles. The van der Waals surface area contributed by atoms with Crippen LogP contribution in [0.15, 0.2) is 12.3 Å². The number of hydrogen-bond acceptors (Lipinski definition) is 5. The van der Waals surface area contributed by atoms with Gasteiger partial charge in [-0.1, -0.05) is 18.5 Å². The number of rotatable bonds is 3. The molecule has 104 valence electrons. The number of aromatic nitrogens is 1. The quantitative estimate of drug-likeness (QED) is 0.678. The zero-order valence-corrected chi connectivity index (χ0v) is 11.5. The highest BCUT2D eigenvalue weighted by molar-refractivity contribution is 6.30. The van der Waals surface area contributed by atoms with E-state index in [0.29, 0.717) is 30.7 Å². The predicted octanol–water partition coefficient (Wildman–Crippen LogP) is 2.06. The Bertz CT molecular complexity index is 483. The lowest BCUT2D eigenvalue weighted by Crippen LogP contribution is -2.43. The highest BCUT2D eigenvalue weighted by atomic mass is 35.5. The van der Waals surface area contributed by atoms with Gasteiger partial charge in [-0.3, -0.25) is 10.1 Å². The van der Waals surface area contributed by atoms with Gasteiger partial charge in [-0.2, -0.15) is 0 Å². The summed E-state index contributed by atoms with van der Waals surface area (Å²) in [6, 6.07) is 1.35. The minimum atomic E-state index is -0.441. The topological polar surface area (TPSA) is 85.3 Å². The average Bonchev–Trinajstić information content (AvgIpc) is 2.39. The number of halogens is 1. The molecule has 1 aromatic rings. The van der Waals surface area contributed by atoms with Gasteiger partial charge >= 0.3 is 5.69 Å². The van der Waals surface area contributed by atoms with Gasteiger partial charge in [-0.25, -0.2) is 4.98 Å². The molecule has 0 bridgehead atoms. The van der Waals surface area contributed by atoms with E-state index in [1.807, 2.05) is 4.90 Å². The number of anilines is 1. The summed E-state index contributed by atoms with van der Waals surface area (Å²) in [5.74, 6) is 1.26. The van der Waals surface area contributed by atoms with Crippen LogP contribution < -0.4 is 10.6 Å². The van der Waals surface area contributed by atoms with E-state index in [4.69, 9.17) is 17.3 Å². The monoisotopic (exact) mass is 284 g/mol. The van der Waals surface area contributed by atoms with Crippen LogP contribution in [0.2, 0.25) is 5.02 Å². The van der Waals surface area contributed by atoms with Crippen LogP contribution in [-0.2, 0) is 0 Å². The molecule has 0 radical (unpaired) electrons. The molecule has 1 aliphatic heterocycles. The third kappa shape index (κ3) is 2.96. The summed E-state index contributed by atoms with van der Waals surface area (Å²) in [4.78, 5) is 16.7. The normalized spacial score (nSPS) is 23.4. The van der Waals surface area contributed by atoms with E-state index in [1.165, 1.54) is 12.3 Å². The van der Waals surface area contributed by atoms with Gasteiger partial charge in [-0.05, 0) is 24.8 Å². The molecule has 2 unspecified atom stereocenters. The number of piperidine rings is 1. The molecule has 2 rings (SSSR count). The summed E-state index contributed by atoms with van der Waals surface area (Å²) in [6.45, 7) is 4.21. The molecule has 0 aliphatic carbocycles. The number of nitrogens with two attached hydrogens (primary N) is 1. The third-order valence-corrected chi connectivity index (χ3v) is 3.93. The van der Waals surface area contributed by atoms with Gasteiger partial charge in [0.25, 0.3) is 0 Å². The second-order valence-corrected chi connectivity index (χ2v) is 5.40. The molecule has 2 atom stereocenters. The highest BCUT2D eigenvalue weighted by Gasteiger charge is 2.29. The number of pyridine rings is 1. The summed E-state index contributed by atoms with van der Waals surface area (Å²) in [7, 11) is 0. The van der Waals surface area contributed by atoms with Crippen molar-refractivity contribution < 1.29 is 4.92 Å². The lowest BCUT2D eigenvalue weighted by molar-refractivity contribution is -0.384. The van der Waals surface area contributed by atoms with Crippen molar-refractivity contribution in [2.24, 2.45) is 17.6 Å².